The lowest BCUT2D eigenvalue weighted by atomic mass is 10.0. The first-order chi connectivity index (χ1) is 6.27. The third-order valence-electron chi connectivity index (χ3n) is 2.02. The van der Waals surface area contributed by atoms with Crippen LogP contribution in [0.15, 0.2) is 18.2 Å². The lowest BCUT2D eigenvalue weighted by Crippen LogP contribution is -1.96. The molecule has 0 N–H and O–H groups in total. The topological polar surface area (TPSA) is 18.5 Å². The molecule has 0 saturated carbocycles. The van der Waals surface area contributed by atoms with Gasteiger partial charge in [0, 0.05) is 0 Å². The van der Waals surface area contributed by atoms with E-state index in [0.29, 0.717) is 6.79 Å². The molecule has 0 fully saturated rings. The van der Waals surface area contributed by atoms with Crippen molar-refractivity contribution in [2.75, 3.05) is 6.79 Å². The van der Waals surface area contributed by atoms with Gasteiger partial charge in [0.1, 0.15) is 0 Å². The van der Waals surface area contributed by atoms with Crippen LogP contribution < -0.4 is 9.47 Å². The van der Waals surface area contributed by atoms with E-state index in [1.807, 2.05) is 12.1 Å². The molecule has 0 atom stereocenters. The lowest BCUT2D eigenvalue weighted by Gasteiger charge is -2.07. The molecule has 1 aromatic carbocycles. The second kappa shape index (κ2) is 3.29. The van der Waals surface area contributed by atoms with Crippen molar-refractivity contribution in [2.45, 2.75) is 20.3 Å². The molecule has 2 heteroatoms. The Morgan fingerprint density at radius 3 is 2.92 bits per heavy atom. The number of hydrogen-bond donors (Lipinski definition) is 0. The molecular formula is C11H13O2. The van der Waals surface area contributed by atoms with E-state index in [1.54, 1.807) is 0 Å². The van der Waals surface area contributed by atoms with Gasteiger partial charge in [-0.2, -0.15) is 0 Å². The minimum absolute atomic E-state index is 0.356. The molecule has 1 radical (unpaired) electrons. The highest BCUT2D eigenvalue weighted by Crippen LogP contribution is 2.36. The third-order valence-corrected chi connectivity index (χ3v) is 2.02. The maximum atomic E-state index is 5.39. The molecule has 0 spiro atoms. The standard InChI is InChI=1S/C11H13O2/c1-8(2)6-9-4-3-5-10-11(9)13-7-12-10/h3-5H,6-7H2,1-2H3. The summed E-state index contributed by atoms with van der Waals surface area (Å²) in [6.07, 6.45) is 0.965. The fourth-order valence-corrected chi connectivity index (χ4v) is 1.51. The zero-order valence-electron chi connectivity index (χ0n) is 7.96. The van der Waals surface area contributed by atoms with E-state index in [2.05, 4.69) is 19.9 Å². The van der Waals surface area contributed by atoms with Gasteiger partial charge >= 0.3 is 0 Å². The van der Waals surface area contributed by atoms with Crippen molar-refractivity contribution in [1.29, 1.82) is 0 Å². The smallest absolute Gasteiger partial charge is 0.231 e. The largest absolute Gasteiger partial charge is 0.454 e. The summed E-state index contributed by atoms with van der Waals surface area (Å²) in [5.74, 6) is 3.17. The van der Waals surface area contributed by atoms with Crippen molar-refractivity contribution in [3.05, 3.63) is 29.7 Å². The molecule has 1 aromatic rings. The molecule has 0 saturated heterocycles. The van der Waals surface area contributed by atoms with Gasteiger partial charge in [-0.05, 0) is 24.0 Å². The maximum Gasteiger partial charge on any atom is 0.231 e. The molecule has 13 heavy (non-hydrogen) atoms. The van der Waals surface area contributed by atoms with E-state index in [9.17, 15) is 0 Å². The number of ether oxygens (including phenoxy) is 2. The molecule has 0 amide bonds. The van der Waals surface area contributed by atoms with Crippen LogP contribution in [0.5, 0.6) is 11.5 Å². The first kappa shape index (κ1) is 8.42. The van der Waals surface area contributed by atoms with Crippen LogP contribution in [0.1, 0.15) is 19.4 Å². The summed E-state index contributed by atoms with van der Waals surface area (Å²) in [7, 11) is 0. The predicted molar refractivity (Wildman–Crippen MR) is 50.9 cm³/mol. The lowest BCUT2D eigenvalue weighted by molar-refractivity contribution is 0.173. The van der Waals surface area contributed by atoms with Crippen molar-refractivity contribution >= 4 is 0 Å². The zero-order chi connectivity index (χ0) is 9.26. The van der Waals surface area contributed by atoms with Crippen LogP contribution in [0.2, 0.25) is 0 Å². The van der Waals surface area contributed by atoms with Crippen LogP contribution in [0.3, 0.4) is 0 Å². The number of para-hydroxylation sites is 1. The quantitative estimate of drug-likeness (QED) is 0.691. The number of hydrogen-bond acceptors (Lipinski definition) is 2. The summed E-state index contributed by atoms with van der Waals surface area (Å²) in [4.78, 5) is 0. The summed E-state index contributed by atoms with van der Waals surface area (Å²) in [6.45, 7) is 4.60. The minimum Gasteiger partial charge on any atom is -0.454 e. The Morgan fingerprint density at radius 2 is 2.15 bits per heavy atom. The Morgan fingerprint density at radius 1 is 1.31 bits per heavy atom. The first-order valence-electron chi connectivity index (χ1n) is 4.44. The third kappa shape index (κ3) is 1.62. The van der Waals surface area contributed by atoms with E-state index >= 15 is 0 Å². The van der Waals surface area contributed by atoms with Crippen molar-refractivity contribution in [3.8, 4) is 11.5 Å². The molecule has 1 aliphatic heterocycles. The van der Waals surface area contributed by atoms with Crippen molar-refractivity contribution < 1.29 is 9.47 Å². The van der Waals surface area contributed by atoms with Crippen LogP contribution in [-0.2, 0) is 6.42 Å². The number of fused-ring (bicyclic) bond motifs is 1. The second-order valence-corrected chi connectivity index (χ2v) is 3.53. The average Bonchev–Trinajstić information content (AvgIpc) is 2.51. The van der Waals surface area contributed by atoms with E-state index in [4.69, 9.17) is 9.47 Å². The van der Waals surface area contributed by atoms with Crippen molar-refractivity contribution in [1.82, 2.24) is 0 Å². The molecule has 0 bridgehead atoms. The molecule has 1 heterocycles. The summed E-state index contributed by atoms with van der Waals surface area (Å²) >= 11 is 0. The Bertz CT molecular complexity index is 305. The van der Waals surface area contributed by atoms with Gasteiger partial charge in [-0.3, -0.25) is 0 Å². The highest BCUT2D eigenvalue weighted by atomic mass is 16.7. The van der Waals surface area contributed by atoms with Gasteiger partial charge in [0.05, 0.1) is 0 Å². The Labute approximate surface area is 78.5 Å². The van der Waals surface area contributed by atoms with E-state index in [-0.39, 0.29) is 0 Å². The Hall–Kier alpha value is -1.18. The first-order valence-corrected chi connectivity index (χ1v) is 4.44. The SMILES string of the molecule is C[C](C)Cc1cccc2c1OCO2. The summed E-state index contributed by atoms with van der Waals surface area (Å²) in [5, 5.41) is 0. The van der Waals surface area contributed by atoms with Crippen LogP contribution in [0.4, 0.5) is 0 Å². The van der Waals surface area contributed by atoms with Gasteiger partial charge in [0.2, 0.25) is 6.79 Å². The highest BCUT2D eigenvalue weighted by Gasteiger charge is 2.17. The van der Waals surface area contributed by atoms with E-state index < -0.39 is 0 Å². The van der Waals surface area contributed by atoms with Crippen LogP contribution >= 0.6 is 0 Å². The summed E-state index contributed by atoms with van der Waals surface area (Å²) in [6, 6.07) is 6.03. The van der Waals surface area contributed by atoms with Gasteiger partial charge in [-0.1, -0.05) is 26.0 Å². The molecule has 69 valence electrons. The Kier molecular flexibility index (Phi) is 2.13. The number of rotatable bonds is 2. The molecule has 0 aromatic heterocycles. The highest BCUT2D eigenvalue weighted by molar-refractivity contribution is 5.48. The maximum absolute atomic E-state index is 5.39. The van der Waals surface area contributed by atoms with Gasteiger partial charge in [0.25, 0.3) is 0 Å². The molecule has 2 nitrogen and oxygen atoms in total. The molecule has 0 unspecified atom stereocenters. The molecular weight excluding hydrogens is 164 g/mol. The average molecular weight is 177 g/mol. The van der Waals surface area contributed by atoms with Crippen molar-refractivity contribution in [3.63, 3.8) is 0 Å². The molecule has 0 aliphatic carbocycles. The van der Waals surface area contributed by atoms with Gasteiger partial charge in [-0.25, -0.2) is 0 Å². The van der Waals surface area contributed by atoms with Gasteiger partial charge in [-0.15, -0.1) is 0 Å². The normalized spacial score (nSPS) is 13.8. The van der Waals surface area contributed by atoms with E-state index in [0.717, 1.165) is 17.9 Å². The minimum atomic E-state index is 0.356. The summed E-state index contributed by atoms with van der Waals surface area (Å²) < 4.78 is 10.7. The van der Waals surface area contributed by atoms with Gasteiger partial charge < -0.3 is 9.47 Å². The van der Waals surface area contributed by atoms with Crippen LogP contribution in [0, 0.1) is 5.92 Å². The molecule has 1 aliphatic rings. The van der Waals surface area contributed by atoms with Gasteiger partial charge in [0.15, 0.2) is 11.5 Å². The predicted octanol–water partition coefficient (Wildman–Crippen LogP) is 2.57. The Balaban J connectivity index is 2.30. The fourth-order valence-electron chi connectivity index (χ4n) is 1.51. The second-order valence-electron chi connectivity index (χ2n) is 3.53. The fraction of sp³-hybridized carbons (Fsp3) is 0.364. The number of benzene rings is 1. The van der Waals surface area contributed by atoms with Crippen molar-refractivity contribution in [2.24, 2.45) is 0 Å². The molecule has 2 rings (SSSR count). The van der Waals surface area contributed by atoms with Crippen LogP contribution in [-0.4, -0.2) is 6.79 Å². The monoisotopic (exact) mass is 177 g/mol. The zero-order valence-corrected chi connectivity index (χ0v) is 7.96. The summed E-state index contributed by atoms with van der Waals surface area (Å²) in [5.41, 5.74) is 1.22. The van der Waals surface area contributed by atoms with E-state index in [1.165, 1.54) is 11.5 Å². The van der Waals surface area contributed by atoms with Crippen LogP contribution in [0.25, 0.3) is 0 Å².